The van der Waals surface area contributed by atoms with Crippen molar-refractivity contribution in [1.82, 2.24) is 10.2 Å². The van der Waals surface area contributed by atoms with E-state index in [-0.39, 0.29) is 11.9 Å². The lowest BCUT2D eigenvalue weighted by atomic mass is 10.2. The maximum atomic E-state index is 12.1. The van der Waals surface area contributed by atoms with E-state index in [0.29, 0.717) is 5.13 Å². The van der Waals surface area contributed by atoms with Crippen molar-refractivity contribution in [3.05, 3.63) is 34.8 Å². The number of nitrogens with zero attached hydrogens (tertiary/aromatic N) is 2. The molecule has 0 radical (unpaired) electrons. The molecule has 6 heteroatoms. The van der Waals surface area contributed by atoms with Crippen LogP contribution in [0.15, 0.2) is 24.3 Å². The lowest BCUT2D eigenvalue weighted by Gasteiger charge is -2.14. The number of benzene rings is 1. The number of aromatic nitrogens is 2. The van der Waals surface area contributed by atoms with E-state index >= 15 is 0 Å². The van der Waals surface area contributed by atoms with Crippen LogP contribution in [0, 0.1) is 6.92 Å². The molecular weight excluding hydrogens is 272 g/mol. The van der Waals surface area contributed by atoms with Crippen molar-refractivity contribution >= 4 is 28.1 Å². The summed E-state index contributed by atoms with van der Waals surface area (Å²) in [6.45, 7) is 5.84. The fourth-order valence-electron chi connectivity index (χ4n) is 1.71. The van der Waals surface area contributed by atoms with Crippen LogP contribution >= 0.6 is 11.3 Å². The topological polar surface area (TPSA) is 66.9 Å². The third-order valence-corrected chi connectivity index (χ3v) is 3.78. The zero-order valence-corrected chi connectivity index (χ0v) is 12.6. The molecule has 106 valence electrons. The first-order chi connectivity index (χ1) is 9.58. The average Bonchev–Trinajstić information content (AvgIpc) is 2.86. The Labute approximate surface area is 122 Å². The first-order valence-electron chi connectivity index (χ1n) is 6.55. The Morgan fingerprint density at radius 1 is 1.40 bits per heavy atom. The molecule has 1 amide bonds. The van der Waals surface area contributed by atoms with E-state index in [1.54, 1.807) is 0 Å². The number of anilines is 2. The monoisotopic (exact) mass is 290 g/mol. The van der Waals surface area contributed by atoms with Crippen LogP contribution in [0.3, 0.4) is 0 Å². The van der Waals surface area contributed by atoms with Crippen LogP contribution in [-0.4, -0.2) is 22.1 Å². The van der Waals surface area contributed by atoms with Gasteiger partial charge in [0, 0.05) is 5.69 Å². The van der Waals surface area contributed by atoms with Gasteiger partial charge in [-0.25, -0.2) is 0 Å². The first-order valence-corrected chi connectivity index (χ1v) is 7.36. The molecule has 0 spiro atoms. The van der Waals surface area contributed by atoms with Gasteiger partial charge >= 0.3 is 0 Å². The van der Waals surface area contributed by atoms with Gasteiger partial charge < -0.3 is 5.32 Å². The van der Waals surface area contributed by atoms with Crippen LogP contribution in [-0.2, 0) is 11.2 Å². The van der Waals surface area contributed by atoms with Crippen LogP contribution in [0.1, 0.15) is 24.4 Å². The van der Waals surface area contributed by atoms with Gasteiger partial charge in [-0.15, -0.1) is 10.2 Å². The van der Waals surface area contributed by atoms with E-state index in [9.17, 15) is 4.79 Å². The zero-order chi connectivity index (χ0) is 14.5. The number of rotatable bonds is 5. The Morgan fingerprint density at radius 2 is 2.20 bits per heavy atom. The van der Waals surface area contributed by atoms with Crippen molar-refractivity contribution in [3.8, 4) is 0 Å². The zero-order valence-electron chi connectivity index (χ0n) is 11.8. The predicted octanol–water partition coefficient (Wildman–Crippen LogP) is 2.85. The summed E-state index contributed by atoms with van der Waals surface area (Å²) in [4.78, 5) is 12.1. The minimum atomic E-state index is -0.342. The summed E-state index contributed by atoms with van der Waals surface area (Å²) in [5, 5.41) is 15.3. The van der Waals surface area contributed by atoms with Crippen LogP contribution < -0.4 is 10.6 Å². The quantitative estimate of drug-likeness (QED) is 0.888. The third-order valence-electron chi connectivity index (χ3n) is 2.79. The fraction of sp³-hybridized carbons (Fsp3) is 0.357. The lowest BCUT2D eigenvalue weighted by Crippen LogP contribution is -2.31. The molecule has 0 bridgehead atoms. The molecule has 0 saturated heterocycles. The number of nitrogens with one attached hydrogen (secondary N) is 2. The van der Waals surface area contributed by atoms with Gasteiger partial charge in [0.2, 0.25) is 11.0 Å². The second kappa shape index (κ2) is 6.47. The minimum Gasteiger partial charge on any atom is -0.374 e. The van der Waals surface area contributed by atoms with Crippen molar-refractivity contribution in [2.45, 2.75) is 33.2 Å². The van der Waals surface area contributed by atoms with Gasteiger partial charge in [0.15, 0.2) is 0 Å². The molecule has 2 aromatic rings. The number of hydrogen-bond donors (Lipinski definition) is 2. The summed E-state index contributed by atoms with van der Waals surface area (Å²) >= 11 is 1.41. The first kappa shape index (κ1) is 14.5. The summed E-state index contributed by atoms with van der Waals surface area (Å²) in [7, 11) is 0. The number of amides is 1. The van der Waals surface area contributed by atoms with Crippen LogP contribution in [0.4, 0.5) is 10.8 Å². The highest BCUT2D eigenvalue weighted by molar-refractivity contribution is 7.15. The van der Waals surface area contributed by atoms with Gasteiger partial charge in [0.1, 0.15) is 11.0 Å². The summed E-state index contributed by atoms with van der Waals surface area (Å²) in [6, 6.07) is 7.58. The number of aryl methyl sites for hydroxylation is 2. The van der Waals surface area contributed by atoms with Crippen molar-refractivity contribution < 1.29 is 4.79 Å². The fourth-order valence-corrected chi connectivity index (χ4v) is 2.39. The molecule has 1 atom stereocenters. The highest BCUT2D eigenvalue weighted by Crippen LogP contribution is 2.16. The van der Waals surface area contributed by atoms with Crippen LogP contribution in [0.2, 0.25) is 0 Å². The Balaban J connectivity index is 1.95. The minimum absolute atomic E-state index is 0.120. The maximum absolute atomic E-state index is 12.1. The predicted molar refractivity (Wildman–Crippen MR) is 82.2 cm³/mol. The van der Waals surface area contributed by atoms with Crippen molar-refractivity contribution in [2.75, 3.05) is 10.6 Å². The molecule has 5 nitrogen and oxygen atoms in total. The van der Waals surface area contributed by atoms with E-state index in [1.807, 2.05) is 45.0 Å². The molecule has 0 fully saturated rings. The Morgan fingerprint density at radius 3 is 2.85 bits per heavy atom. The molecule has 0 unspecified atom stereocenters. The highest BCUT2D eigenvalue weighted by atomic mass is 32.1. The van der Waals surface area contributed by atoms with Gasteiger partial charge in [-0.05, 0) is 38.0 Å². The lowest BCUT2D eigenvalue weighted by molar-refractivity contribution is -0.116. The molecule has 1 heterocycles. The van der Waals surface area contributed by atoms with Crippen molar-refractivity contribution in [1.29, 1.82) is 0 Å². The number of hydrogen-bond acceptors (Lipinski definition) is 5. The molecule has 0 aliphatic carbocycles. The molecule has 2 N–H and O–H groups in total. The summed E-state index contributed by atoms with van der Waals surface area (Å²) in [5.41, 5.74) is 2.08. The largest absolute Gasteiger partial charge is 0.374 e. The second-order valence-electron chi connectivity index (χ2n) is 4.58. The molecular formula is C14H18N4OS. The maximum Gasteiger partial charge on any atom is 0.248 e. The normalized spacial score (nSPS) is 11.9. The van der Waals surface area contributed by atoms with Crippen LogP contribution in [0.25, 0.3) is 0 Å². The Bertz CT molecular complexity index is 596. The van der Waals surface area contributed by atoms with E-state index in [1.165, 1.54) is 11.3 Å². The Kier molecular flexibility index (Phi) is 4.68. The SMILES string of the molecule is CCc1nnc(NC(=O)[C@H](C)Nc2cccc(C)c2)s1. The molecule has 2 rings (SSSR count). The van der Waals surface area contributed by atoms with Gasteiger partial charge in [0.25, 0.3) is 0 Å². The molecule has 1 aromatic carbocycles. The highest BCUT2D eigenvalue weighted by Gasteiger charge is 2.14. The van der Waals surface area contributed by atoms with Crippen LogP contribution in [0.5, 0.6) is 0 Å². The average molecular weight is 290 g/mol. The molecule has 1 aromatic heterocycles. The number of carbonyl (C=O) groups excluding carboxylic acids is 1. The molecule has 0 aliphatic heterocycles. The van der Waals surface area contributed by atoms with E-state index in [4.69, 9.17) is 0 Å². The number of carbonyl (C=O) groups is 1. The summed E-state index contributed by atoms with van der Waals surface area (Å²) in [6.07, 6.45) is 0.824. The van der Waals surface area contributed by atoms with E-state index in [2.05, 4.69) is 20.8 Å². The summed E-state index contributed by atoms with van der Waals surface area (Å²) < 4.78 is 0. The van der Waals surface area contributed by atoms with Crippen molar-refractivity contribution in [3.63, 3.8) is 0 Å². The van der Waals surface area contributed by atoms with E-state index in [0.717, 1.165) is 22.7 Å². The molecule has 20 heavy (non-hydrogen) atoms. The molecule has 0 aliphatic rings. The summed E-state index contributed by atoms with van der Waals surface area (Å²) in [5.74, 6) is -0.120. The van der Waals surface area contributed by atoms with Gasteiger partial charge in [-0.3, -0.25) is 10.1 Å². The second-order valence-corrected chi connectivity index (χ2v) is 5.64. The molecule has 0 saturated carbocycles. The third kappa shape index (κ3) is 3.77. The van der Waals surface area contributed by atoms with Gasteiger partial charge in [0.05, 0.1) is 0 Å². The van der Waals surface area contributed by atoms with Gasteiger partial charge in [-0.1, -0.05) is 30.4 Å². The standard InChI is InChI=1S/C14H18N4OS/c1-4-12-17-18-14(20-12)16-13(19)10(3)15-11-7-5-6-9(2)8-11/h5-8,10,15H,4H2,1-3H3,(H,16,18,19)/t10-/m0/s1. The smallest absolute Gasteiger partial charge is 0.248 e. The van der Waals surface area contributed by atoms with E-state index < -0.39 is 0 Å². The van der Waals surface area contributed by atoms with Gasteiger partial charge in [-0.2, -0.15) is 0 Å². The van der Waals surface area contributed by atoms with Crippen molar-refractivity contribution in [2.24, 2.45) is 0 Å². The Hall–Kier alpha value is -1.95.